The minimum absolute atomic E-state index is 0.282. The van der Waals surface area contributed by atoms with Crippen LogP contribution >= 0.6 is 0 Å². The van der Waals surface area contributed by atoms with Gasteiger partial charge in [0.05, 0.1) is 6.61 Å². The van der Waals surface area contributed by atoms with Gasteiger partial charge in [-0.05, 0) is 25.5 Å². The smallest absolute Gasteiger partial charge is 0.328 e. The fraction of sp³-hybridized carbons (Fsp3) is 0.667. The lowest BCUT2D eigenvalue weighted by atomic mass is 10.1. The molecule has 0 spiro atoms. The first-order chi connectivity index (χ1) is 14.5. The SMILES string of the molecule is CCCCCCCCCCCCCCOC(=O)[C@H](C)NC(=O)c1c(F)cccc1F. The van der Waals surface area contributed by atoms with E-state index < -0.39 is 35.1 Å². The minimum Gasteiger partial charge on any atom is -0.464 e. The van der Waals surface area contributed by atoms with E-state index in [-0.39, 0.29) is 6.61 Å². The Bertz CT molecular complexity index is 617. The summed E-state index contributed by atoms with van der Waals surface area (Å²) in [6.45, 7) is 3.95. The van der Waals surface area contributed by atoms with Crippen LogP contribution in [0.3, 0.4) is 0 Å². The van der Waals surface area contributed by atoms with Crippen LogP contribution in [0.4, 0.5) is 8.78 Å². The van der Waals surface area contributed by atoms with E-state index in [1.165, 1.54) is 70.8 Å². The summed E-state index contributed by atoms with van der Waals surface area (Å²) < 4.78 is 32.4. The maximum atomic E-state index is 13.6. The van der Waals surface area contributed by atoms with E-state index >= 15 is 0 Å². The molecule has 0 unspecified atom stereocenters. The zero-order valence-electron chi connectivity index (χ0n) is 18.5. The summed E-state index contributed by atoms with van der Waals surface area (Å²) in [5.74, 6) is -3.52. The van der Waals surface area contributed by atoms with E-state index in [4.69, 9.17) is 4.74 Å². The average molecular weight is 426 g/mol. The normalized spacial score (nSPS) is 11.9. The Labute approximate surface area is 179 Å². The molecule has 0 radical (unpaired) electrons. The molecule has 1 aromatic rings. The van der Waals surface area contributed by atoms with Crippen molar-refractivity contribution < 1.29 is 23.1 Å². The van der Waals surface area contributed by atoms with Crippen molar-refractivity contribution in [2.24, 2.45) is 0 Å². The lowest BCUT2D eigenvalue weighted by Crippen LogP contribution is -2.40. The fourth-order valence-corrected chi connectivity index (χ4v) is 3.28. The van der Waals surface area contributed by atoms with Crippen molar-refractivity contribution >= 4 is 11.9 Å². The second-order valence-corrected chi connectivity index (χ2v) is 7.85. The standard InChI is InChI=1S/C24H37F2NO3/c1-3-4-5-6-7-8-9-10-11-12-13-14-18-30-24(29)19(2)27-23(28)22-20(25)16-15-17-21(22)26/h15-17,19H,3-14,18H2,1-2H3,(H,27,28)/t19-/m0/s1. The molecule has 0 aliphatic rings. The van der Waals surface area contributed by atoms with Crippen molar-refractivity contribution in [3.8, 4) is 0 Å². The molecule has 0 bridgehead atoms. The van der Waals surface area contributed by atoms with E-state index in [0.29, 0.717) is 0 Å². The topological polar surface area (TPSA) is 55.4 Å². The molecule has 1 atom stereocenters. The van der Waals surface area contributed by atoms with Crippen molar-refractivity contribution in [1.29, 1.82) is 0 Å². The van der Waals surface area contributed by atoms with Crippen LogP contribution in [0.25, 0.3) is 0 Å². The summed E-state index contributed by atoms with van der Waals surface area (Å²) >= 11 is 0. The Morgan fingerprint density at radius 3 is 1.83 bits per heavy atom. The molecular weight excluding hydrogens is 388 g/mol. The van der Waals surface area contributed by atoms with Gasteiger partial charge in [0, 0.05) is 0 Å². The number of ether oxygens (including phenoxy) is 1. The minimum atomic E-state index is -0.978. The predicted octanol–water partition coefficient (Wildman–Crippen LogP) is 6.33. The van der Waals surface area contributed by atoms with E-state index in [1.807, 2.05) is 0 Å². The van der Waals surface area contributed by atoms with E-state index in [2.05, 4.69) is 12.2 Å². The van der Waals surface area contributed by atoms with Crippen LogP contribution in [0.15, 0.2) is 18.2 Å². The maximum Gasteiger partial charge on any atom is 0.328 e. The van der Waals surface area contributed by atoms with Gasteiger partial charge in [-0.2, -0.15) is 0 Å². The van der Waals surface area contributed by atoms with Crippen LogP contribution in [0.1, 0.15) is 101 Å². The molecule has 0 aromatic heterocycles. The van der Waals surface area contributed by atoms with Gasteiger partial charge in [-0.15, -0.1) is 0 Å². The lowest BCUT2D eigenvalue weighted by Gasteiger charge is -2.14. The molecule has 30 heavy (non-hydrogen) atoms. The highest BCUT2D eigenvalue weighted by molar-refractivity contribution is 5.97. The van der Waals surface area contributed by atoms with Crippen LogP contribution < -0.4 is 5.32 Å². The molecule has 0 saturated carbocycles. The number of hydrogen-bond donors (Lipinski definition) is 1. The second-order valence-electron chi connectivity index (χ2n) is 7.85. The monoisotopic (exact) mass is 425 g/mol. The number of nitrogens with one attached hydrogen (secondary N) is 1. The van der Waals surface area contributed by atoms with Gasteiger partial charge in [-0.25, -0.2) is 13.6 Å². The number of hydrogen-bond acceptors (Lipinski definition) is 3. The first-order valence-corrected chi connectivity index (χ1v) is 11.4. The third-order valence-electron chi connectivity index (χ3n) is 5.13. The summed E-state index contributed by atoms with van der Waals surface area (Å²) in [4.78, 5) is 23.9. The molecule has 1 aromatic carbocycles. The number of rotatable bonds is 16. The highest BCUT2D eigenvalue weighted by Gasteiger charge is 2.22. The molecule has 6 heteroatoms. The Morgan fingerprint density at radius 1 is 0.867 bits per heavy atom. The molecule has 1 amide bonds. The zero-order valence-corrected chi connectivity index (χ0v) is 18.5. The van der Waals surface area contributed by atoms with Crippen molar-refractivity contribution in [3.05, 3.63) is 35.4 Å². The van der Waals surface area contributed by atoms with Crippen LogP contribution in [0, 0.1) is 11.6 Å². The fourth-order valence-electron chi connectivity index (χ4n) is 3.28. The quantitative estimate of drug-likeness (QED) is 0.249. The number of carbonyl (C=O) groups is 2. The van der Waals surface area contributed by atoms with Gasteiger partial charge >= 0.3 is 5.97 Å². The maximum absolute atomic E-state index is 13.6. The first kappa shape index (κ1) is 26.1. The number of halogens is 2. The molecule has 0 saturated heterocycles. The summed E-state index contributed by atoms with van der Waals surface area (Å²) in [5, 5.41) is 2.28. The molecule has 0 aliphatic heterocycles. The Kier molecular flexibility index (Phi) is 13.7. The average Bonchev–Trinajstić information content (AvgIpc) is 2.71. The van der Waals surface area contributed by atoms with Gasteiger partial charge in [-0.1, -0.05) is 83.6 Å². The summed E-state index contributed by atoms with van der Waals surface area (Å²) in [6, 6.07) is 2.19. The molecule has 170 valence electrons. The van der Waals surface area contributed by atoms with Gasteiger partial charge in [0.25, 0.3) is 5.91 Å². The molecule has 0 fully saturated rings. The van der Waals surface area contributed by atoms with Crippen molar-refractivity contribution in [2.45, 2.75) is 96.9 Å². The van der Waals surface area contributed by atoms with Crippen molar-refractivity contribution in [3.63, 3.8) is 0 Å². The summed E-state index contributed by atoms with van der Waals surface area (Å²) in [6.07, 6.45) is 14.6. The molecule has 0 aliphatic carbocycles. The van der Waals surface area contributed by atoms with Gasteiger partial charge in [0.15, 0.2) is 0 Å². The Morgan fingerprint density at radius 2 is 1.33 bits per heavy atom. The Hall–Kier alpha value is -1.98. The highest BCUT2D eigenvalue weighted by Crippen LogP contribution is 2.13. The highest BCUT2D eigenvalue weighted by atomic mass is 19.1. The molecule has 1 N–H and O–H groups in total. The zero-order chi connectivity index (χ0) is 22.2. The second kappa shape index (κ2) is 15.8. The molecule has 4 nitrogen and oxygen atoms in total. The van der Waals surface area contributed by atoms with Crippen LogP contribution in [-0.2, 0) is 9.53 Å². The predicted molar refractivity (Wildman–Crippen MR) is 115 cm³/mol. The number of amides is 1. The summed E-state index contributed by atoms with van der Waals surface area (Å²) in [5.41, 5.74) is -0.696. The van der Waals surface area contributed by atoms with Gasteiger partial charge < -0.3 is 10.1 Å². The van der Waals surface area contributed by atoms with E-state index in [0.717, 1.165) is 31.4 Å². The number of esters is 1. The summed E-state index contributed by atoms with van der Waals surface area (Å²) in [7, 11) is 0. The largest absolute Gasteiger partial charge is 0.464 e. The van der Waals surface area contributed by atoms with Crippen molar-refractivity contribution in [2.75, 3.05) is 6.61 Å². The Balaban J connectivity index is 2.07. The van der Waals surface area contributed by atoms with E-state index in [9.17, 15) is 18.4 Å². The third-order valence-corrected chi connectivity index (χ3v) is 5.13. The number of benzene rings is 1. The number of unbranched alkanes of at least 4 members (excludes halogenated alkanes) is 11. The molecule has 1 rings (SSSR count). The molecule has 0 heterocycles. The lowest BCUT2D eigenvalue weighted by molar-refractivity contribution is -0.145. The van der Waals surface area contributed by atoms with Gasteiger partial charge in [0.1, 0.15) is 23.2 Å². The first-order valence-electron chi connectivity index (χ1n) is 11.4. The van der Waals surface area contributed by atoms with E-state index in [1.54, 1.807) is 0 Å². The van der Waals surface area contributed by atoms with Crippen molar-refractivity contribution in [1.82, 2.24) is 5.32 Å². The van der Waals surface area contributed by atoms with Crippen LogP contribution in [0.2, 0.25) is 0 Å². The van der Waals surface area contributed by atoms with Gasteiger partial charge in [0.2, 0.25) is 0 Å². The van der Waals surface area contributed by atoms with Crippen LogP contribution in [-0.4, -0.2) is 24.5 Å². The number of carbonyl (C=O) groups excluding carboxylic acids is 2. The molecular formula is C24H37F2NO3. The third kappa shape index (κ3) is 10.7. The van der Waals surface area contributed by atoms with Gasteiger partial charge in [-0.3, -0.25) is 4.79 Å². The van der Waals surface area contributed by atoms with Crippen LogP contribution in [0.5, 0.6) is 0 Å².